The van der Waals surface area contributed by atoms with E-state index >= 15 is 0 Å². The van der Waals surface area contributed by atoms with Gasteiger partial charge in [0.25, 0.3) is 0 Å². The summed E-state index contributed by atoms with van der Waals surface area (Å²) in [6.45, 7) is 3.55. The van der Waals surface area contributed by atoms with E-state index in [0.717, 1.165) is 43.7 Å². The molecule has 142 valence electrons. The lowest BCUT2D eigenvalue weighted by atomic mass is 9.89. The minimum atomic E-state index is -0.260. The smallest absolute Gasteiger partial charge is 0.126 e. The van der Waals surface area contributed by atoms with Crippen molar-refractivity contribution in [1.29, 1.82) is 0 Å². The zero-order valence-electron chi connectivity index (χ0n) is 15.6. The molecule has 0 aliphatic carbocycles. The van der Waals surface area contributed by atoms with Crippen LogP contribution in [0.15, 0.2) is 48.7 Å². The summed E-state index contributed by atoms with van der Waals surface area (Å²) in [5.41, 5.74) is 2.55. The normalized spacial score (nSPS) is 15.9. The molecular weight excluding hydrogens is 343 g/mol. The molecular formula is C22H25FN2O2. The second kappa shape index (κ2) is 8.01. The zero-order chi connectivity index (χ0) is 18.6. The summed E-state index contributed by atoms with van der Waals surface area (Å²) in [5.74, 6) is 1.79. The third-order valence-corrected chi connectivity index (χ3v) is 5.42. The Hall–Kier alpha value is -2.53. The van der Waals surface area contributed by atoms with Crippen LogP contribution in [0.4, 0.5) is 4.39 Å². The first-order valence-corrected chi connectivity index (χ1v) is 9.48. The van der Waals surface area contributed by atoms with Crippen molar-refractivity contribution in [3.63, 3.8) is 0 Å². The molecule has 0 spiro atoms. The number of likely N-dealkylation sites (tertiary alicyclic amines) is 1. The van der Waals surface area contributed by atoms with Crippen LogP contribution in [-0.4, -0.2) is 43.2 Å². The molecule has 3 aromatic rings. The van der Waals surface area contributed by atoms with E-state index in [1.165, 1.54) is 23.1 Å². The fraction of sp³-hybridized carbons (Fsp3) is 0.364. The maximum atomic E-state index is 13.2. The number of nitrogens with one attached hydrogen (secondary N) is 1. The molecule has 0 unspecified atom stereocenters. The van der Waals surface area contributed by atoms with Gasteiger partial charge in [0.05, 0.1) is 7.11 Å². The number of hydrogen-bond acceptors (Lipinski definition) is 3. The number of rotatable bonds is 6. The number of aromatic amines is 1. The highest BCUT2D eigenvalue weighted by molar-refractivity contribution is 5.85. The summed E-state index contributed by atoms with van der Waals surface area (Å²) in [5, 5.41) is 1.27. The molecule has 2 heterocycles. The molecule has 4 rings (SSSR count). The third kappa shape index (κ3) is 4.08. The van der Waals surface area contributed by atoms with Gasteiger partial charge in [0.2, 0.25) is 0 Å². The first kappa shape index (κ1) is 17.9. The van der Waals surface area contributed by atoms with Gasteiger partial charge in [0, 0.05) is 29.7 Å². The van der Waals surface area contributed by atoms with Crippen molar-refractivity contribution in [2.24, 2.45) is 0 Å². The standard InChI is InChI=1S/C22H25FN2O2/c1-26-18-5-6-22-20(14-18)21(15-24-22)16-7-9-25(10-8-16)11-12-27-19-4-2-3-17(23)13-19/h2-6,13-16,24H,7-12H2,1H3. The Kier molecular flexibility index (Phi) is 5.30. The number of piperidine rings is 1. The van der Waals surface area contributed by atoms with Gasteiger partial charge in [-0.25, -0.2) is 4.39 Å². The first-order valence-electron chi connectivity index (χ1n) is 9.48. The Morgan fingerprint density at radius 3 is 2.74 bits per heavy atom. The quantitative estimate of drug-likeness (QED) is 0.692. The fourth-order valence-electron chi connectivity index (χ4n) is 3.90. The number of benzene rings is 2. The van der Waals surface area contributed by atoms with Crippen LogP contribution in [0.3, 0.4) is 0 Å². The molecule has 1 N–H and O–H groups in total. The lowest BCUT2D eigenvalue weighted by Crippen LogP contribution is -2.35. The van der Waals surface area contributed by atoms with E-state index in [1.807, 2.05) is 6.07 Å². The van der Waals surface area contributed by atoms with Crippen molar-refractivity contribution in [3.05, 3.63) is 60.0 Å². The molecule has 5 heteroatoms. The van der Waals surface area contributed by atoms with Crippen LogP contribution in [-0.2, 0) is 0 Å². The first-order chi connectivity index (χ1) is 13.2. The van der Waals surface area contributed by atoms with E-state index in [9.17, 15) is 4.39 Å². The van der Waals surface area contributed by atoms with Gasteiger partial charge >= 0.3 is 0 Å². The van der Waals surface area contributed by atoms with E-state index in [-0.39, 0.29) is 5.82 Å². The summed E-state index contributed by atoms with van der Waals surface area (Å²) in [6, 6.07) is 12.5. The number of methoxy groups -OCH3 is 1. The minimum absolute atomic E-state index is 0.260. The van der Waals surface area contributed by atoms with Gasteiger partial charge in [-0.1, -0.05) is 6.07 Å². The summed E-state index contributed by atoms with van der Waals surface area (Å²) < 4.78 is 24.2. The fourth-order valence-corrected chi connectivity index (χ4v) is 3.90. The van der Waals surface area contributed by atoms with Crippen LogP contribution in [0.1, 0.15) is 24.3 Å². The Labute approximate surface area is 158 Å². The molecule has 1 fully saturated rings. The molecule has 0 saturated carbocycles. The summed E-state index contributed by atoms with van der Waals surface area (Å²) >= 11 is 0. The van der Waals surface area contributed by atoms with E-state index in [0.29, 0.717) is 18.3 Å². The number of halogens is 1. The minimum Gasteiger partial charge on any atom is -0.497 e. The van der Waals surface area contributed by atoms with Gasteiger partial charge in [-0.3, -0.25) is 4.90 Å². The maximum Gasteiger partial charge on any atom is 0.126 e. The van der Waals surface area contributed by atoms with Gasteiger partial charge in [-0.05, 0) is 67.7 Å². The summed E-state index contributed by atoms with van der Waals surface area (Å²) in [7, 11) is 1.71. The van der Waals surface area contributed by atoms with Crippen molar-refractivity contribution < 1.29 is 13.9 Å². The van der Waals surface area contributed by atoms with E-state index in [4.69, 9.17) is 9.47 Å². The molecule has 0 radical (unpaired) electrons. The van der Waals surface area contributed by atoms with E-state index in [2.05, 4.69) is 28.2 Å². The zero-order valence-corrected chi connectivity index (χ0v) is 15.6. The van der Waals surface area contributed by atoms with Crippen LogP contribution in [0.2, 0.25) is 0 Å². The van der Waals surface area contributed by atoms with Crippen LogP contribution >= 0.6 is 0 Å². The van der Waals surface area contributed by atoms with Crippen molar-refractivity contribution >= 4 is 10.9 Å². The Morgan fingerprint density at radius 1 is 1.11 bits per heavy atom. The highest BCUT2D eigenvalue weighted by Crippen LogP contribution is 2.34. The van der Waals surface area contributed by atoms with E-state index in [1.54, 1.807) is 19.2 Å². The van der Waals surface area contributed by atoms with E-state index < -0.39 is 0 Å². The highest BCUT2D eigenvalue weighted by Gasteiger charge is 2.22. The van der Waals surface area contributed by atoms with Crippen LogP contribution < -0.4 is 9.47 Å². The average Bonchev–Trinajstić information content (AvgIpc) is 3.12. The number of hydrogen-bond donors (Lipinski definition) is 1. The van der Waals surface area contributed by atoms with Crippen molar-refractivity contribution in [2.45, 2.75) is 18.8 Å². The predicted molar refractivity (Wildman–Crippen MR) is 105 cm³/mol. The maximum absolute atomic E-state index is 13.2. The van der Waals surface area contributed by atoms with Crippen molar-refractivity contribution in [1.82, 2.24) is 9.88 Å². The number of H-pyrrole nitrogens is 1. The topological polar surface area (TPSA) is 37.5 Å². The Balaban J connectivity index is 1.31. The summed E-state index contributed by atoms with van der Waals surface area (Å²) in [4.78, 5) is 5.81. The average molecular weight is 368 g/mol. The van der Waals surface area contributed by atoms with Gasteiger partial charge in [-0.15, -0.1) is 0 Å². The highest BCUT2D eigenvalue weighted by atomic mass is 19.1. The van der Waals surface area contributed by atoms with Crippen molar-refractivity contribution in [3.8, 4) is 11.5 Å². The Bertz CT molecular complexity index is 900. The second-order valence-corrected chi connectivity index (χ2v) is 7.08. The van der Waals surface area contributed by atoms with Crippen LogP contribution in [0.25, 0.3) is 10.9 Å². The van der Waals surface area contributed by atoms with Gasteiger partial charge < -0.3 is 14.5 Å². The molecule has 0 amide bonds. The third-order valence-electron chi connectivity index (χ3n) is 5.42. The van der Waals surface area contributed by atoms with Crippen LogP contribution in [0.5, 0.6) is 11.5 Å². The Morgan fingerprint density at radius 2 is 1.96 bits per heavy atom. The monoisotopic (exact) mass is 368 g/mol. The predicted octanol–water partition coefficient (Wildman–Crippen LogP) is 4.57. The lowest BCUT2D eigenvalue weighted by molar-refractivity contribution is 0.173. The number of ether oxygens (including phenoxy) is 2. The number of aromatic nitrogens is 1. The molecule has 1 aromatic heterocycles. The lowest BCUT2D eigenvalue weighted by Gasteiger charge is -2.31. The summed E-state index contributed by atoms with van der Waals surface area (Å²) in [6.07, 6.45) is 4.41. The second-order valence-electron chi connectivity index (χ2n) is 7.08. The molecule has 0 bridgehead atoms. The number of fused-ring (bicyclic) bond motifs is 1. The van der Waals surface area contributed by atoms with Crippen LogP contribution in [0, 0.1) is 5.82 Å². The van der Waals surface area contributed by atoms with Gasteiger partial charge in [0.15, 0.2) is 0 Å². The largest absolute Gasteiger partial charge is 0.497 e. The molecule has 1 aliphatic heterocycles. The molecule has 27 heavy (non-hydrogen) atoms. The van der Waals surface area contributed by atoms with Gasteiger partial charge in [-0.2, -0.15) is 0 Å². The number of nitrogens with zero attached hydrogens (tertiary/aromatic N) is 1. The molecule has 1 aliphatic rings. The molecule has 2 aromatic carbocycles. The molecule has 0 atom stereocenters. The SMILES string of the molecule is COc1ccc2[nH]cc(C3CCN(CCOc4cccc(F)c4)CC3)c2c1. The van der Waals surface area contributed by atoms with Gasteiger partial charge in [0.1, 0.15) is 23.9 Å². The molecule has 1 saturated heterocycles. The molecule has 4 nitrogen and oxygen atoms in total. The van der Waals surface area contributed by atoms with Crippen molar-refractivity contribution in [2.75, 3.05) is 33.4 Å².